The van der Waals surface area contributed by atoms with E-state index in [0.717, 1.165) is 29.4 Å². The maximum atomic E-state index is 13.0. The lowest BCUT2D eigenvalue weighted by Crippen LogP contribution is -2.51. The van der Waals surface area contributed by atoms with E-state index in [1.165, 1.54) is 0 Å². The second-order valence-electron chi connectivity index (χ2n) is 7.48. The van der Waals surface area contributed by atoms with E-state index in [4.69, 9.17) is 0 Å². The average molecular weight is 340 g/mol. The summed E-state index contributed by atoms with van der Waals surface area (Å²) < 4.78 is 0. The van der Waals surface area contributed by atoms with Crippen molar-refractivity contribution in [1.82, 2.24) is 10.3 Å². The first-order chi connectivity index (χ1) is 11.8. The number of para-hydroxylation sites is 1. The van der Waals surface area contributed by atoms with Gasteiger partial charge in [0.05, 0.1) is 23.0 Å². The van der Waals surface area contributed by atoms with Gasteiger partial charge in [-0.1, -0.05) is 32.0 Å². The van der Waals surface area contributed by atoms with Crippen LogP contribution in [0.25, 0.3) is 10.9 Å². The molecule has 1 unspecified atom stereocenters. The minimum absolute atomic E-state index is 0.0106. The Morgan fingerprint density at radius 1 is 1.32 bits per heavy atom. The van der Waals surface area contributed by atoms with Crippen LogP contribution in [0.1, 0.15) is 62.0 Å². The number of carbonyl (C=O) groups is 2. The Morgan fingerprint density at radius 2 is 2.00 bits per heavy atom. The molecule has 1 amide bonds. The molecule has 3 rings (SSSR count). The number of carboxylic acids is 1. The number of benzene rings is 1. The van der Waals surface area contributed by atoms with E-state index in [0.29, 0.717) is 11.5 Å². The van der Waals surface area contributed by atoms with E-state index in [1.54, 1.807) is 6.92 Å². The van der Waals surface area contributed by atoms with Crippen LogP contribution in [0.3, 0.4) is 0 Å². The van der Waals surface area contributed by atoms with Crippen molar-refractivity contribution in [3.63, 3.8) is 0 Å². The van der Waals surface area contributed by atoms with Gasteiger partial charge in [-0.25, -0.2) is 0 Å². The quantitative estimate of drug-likeness (QED) is 0.840. The van der Waals surface area contributed by atoms with Gasteiger partial charge in [0.15, 0.2) is 0 Å². The van der Waals surface area contributed by atoms with Crippen molar-refractivity contribution >= 4 is 22.8 Å². The molecular weight excluding hydrogens is 316 g/mol. The summed E-state index contributed by atoms with van der Waals surface area (Å²) in [6.07, 6.45) is 2.10. The van der Waals surface area contributed by atoms with Crippen LogP contribution in [0.4, 0.5) is 0 Å². The van der Waals surface area contributed by atoms with Crippen molar-refractivity contribution in [2.45, 2.75) is 51.5 Å². The van der Waals surface area contributed by atoms with Crippen LogP contribution in [0, 0.1) is 5.92 Å². The minimum atomic E-state index is -0.922. The smallest absolute Gasteiger partial charge is 0.305 e. The predicted octanol–water partition coefficient (Wildman–Crippen LogP) is 3.73. The first-order valence-corrected chi connectivity index (χ1v) is 8.74. The van der Waals surface area contributed by atoms with Crippen LogP contribution < -0.4 is 5.32 Å². The third kappa shape index (κ3) is 3.65. The van der Waals surface area contributed by atoms with Gasteiger partial charge in [-0.2, -0.15) is 0 Å². The number of nitrogens with one attached hydrogen (secondary N) is 1. The first kappa shape index (κ1) is 17.4. The van der Waals surface area contributed by atoms with Crippen molar-refractivity contribution in [1.29, 1.82) is 0 Å². The maximum Gasteiger partial charge on any atom is 0.305 e. The fraction of sp³-hybridized carbons (Fsp3) is 0.450. The second kappa shape index (κ2) is 6.47. The van der Waals surface area contributed by atoms with Gasteiger partial charge in [0, 0.05) is 17.0 Å². The van der Waals surface area contributed by atoms with Crippen LogP contribution in [0.2, 0.25) is 0 Å². The number of hydrogen-bond acceptors (Lipinski definition) is 3. The Balaban J connectivity index is 1.99. The second-order valence-corrected chi connectivity index (χ2v) is 7.48. The molecule has 5 nitrogen and oxygen atoms in total. The number of fused-ring (bicyclic) bond motifs is 1. The lowest BCUT2D eigenvalue weighted by atomic mass is 9.84. The van der Waals surface area contributed by atoms with Crippen LogP contribution in [0.5, 0.6) is 0 Å². The predicted molar refractivity (Wildman–Crippen MR) is 96.7 cm³/mol. The van der Waals surface area contributed by atoms with Crippen molar-refractivity contribution in [2.24, 2.45) is 5.92 Å². The molecule has 2 N–H and O–H groups in total. The van der Waals surface area contributed by atoms with E-state index in [1.807, 2.05) is 44.2 Å². The summed E-state index contributed by atoms with van der Waals surface area (Å²) in [6, 6.07) is 9.47. The normalized spacial score (nSPS) is 16.6. The highest BCUT2D eigenvalue weighted by molar-refractivity contribution is 6.06. The lowest BCUT2D eigenvalue weighted by molar-refractivity contribution is -0.138. The SMILES string of the molecule is CC(C)C(C)(CC(=O)O)NC(=O)c1cc(C2CC2)nc2ccccc12. The molecule has 0 radical (unpaired) electrons. The Labute approximate surface area is 147 Å². The van der Waals surface area contributed by atoms with Gasteiger partial charge in [-0.05, 0) is 37.8 Å². The molecule has 0 saturated heterocycles. The monoisotopic (exact) mass is 340 g/mol. The van der Waals surface area contributed by atoms with Crippen LogP contribution in [-0.4, -0.2) is 27.5 Å². The van der Waals surface area contributed by atoms with Crippen molar-refractivity contribution in [3.05, 3.63) is 41.6 Å². The zero-order valence-electron chi connectivity index (χ0n) is 14.9. The highest BCUT2D eigenvalue weighted by Crippen LogP contribution is 2.40. The van der Waals surface area contributed by atoms with Crippen molar-refractivity contribution in [3.8, 4) is 0 Å². The van der Waals surface area contributed by atoms with Crippen LogP contribution >= 0.6 is 0 Å². The Kier molecular flexibility index (Phi) is 4.50. The summed E-state index contributed by atoms with van der Waals surface area (Å²) in [5, 5.41) is 13.0. The van der Waals surface area contributed by atoms with Gasteiger partial charge in [0.1, 0.15) is 0 Å². The Hall–Kier alpha value is -2.43. The third-order valence-corrected chi connectivity index (χ3v) is 5.17. The summed E-state index contributed by atoms with van der Waals surface area (Å²) >= 11 is 0. The minimum Gasteiger partial charge on any atom is -0.481 e. The maximum absolute atomic E-state index is 13.0. The molecule has 1 aromatic carbocycles. The number of amides is 1. The summed E-state index contributed by atoms with van der Waals surface area (Å²) in [7, 11) is 0. The van der Waals surface area contributed by atoms with E-state index in [-0.39, 0.29) is 18.2 Å². The van der Waals surface area contributed by atoms with Gasteiger partial charge in [-0.15, -0.1) is 0 Å². The average Bonchev–Trinajstić information content (AvgIpc) is 3.37. The fourth-order valence-electron chi connectivity index (χ4n) is 3.01. The van der Waals surface area contributed by atoms with Gasteiger partial charge in [0.2, 0.25) is 0 Å². The molecule has 0 aliphatic heterocycles. The molecule has 1 atom stereocenters. The first-order valence-electron chi connectivity index (χ1n) is 8.74. The largest absolute Gasteiger partial charge is 0.481 e. The van der Waals surface area contributed by atoms with Crippen LogP contribution in [0.15, 0.2) is 30.3 Å². The van der Waals surface area contributed by atoms with E-state index >= 15 is 0 Å². The molecule has 1 aliphatic rings. The topological polar surface area (TPSA) is 79.3 Å². The van der Waals surface area contributed by atoms with Gasteiger partial charge in [0.25, 0.3) is 5.91 Å². The van der Waals surface area contributed by atoms with Crippen molar-refractivity contribution in [2.75, 3.05) is 0 Å². The number of pyridine rings is 1. The number of aromatic nitrogens is 1. The number of rotatable bonds is 6. The molecule has 1 fully saturated rings. The lowest BCUT2D eigenvalue weighted by Gasteiger charge is -2.33. The molecule has 1 heterocycles. The number of hydrogen-bond donors (Lipinski definition) is 2. The molecule has 2 aromatic rings. The summed E-state index contributed by atoms with van der Waals surface area (Å²) in [6.45, 7) is 5.63. The number of aliphatic carboxylic acids is 1. The molecule has 0 bridgehead atoms. The van der Waals surface area contributed by atoms with Crippen LogP contribution in [-0.2, 0) is 4.79 Å². The molecular formula is C20H24N2O3. The highest BCUT2D eigenvalue weighted by atomic mass is 16.4. The fourth-order valence-corrected chi connectivity index (χ4v) is 3.01. The zero-order chi connectivity index (χ0) is 18.2. The molecule has 5 heteroatoms. The summed E-state index contributed by atoms with van der Waals surface area (Å²) in [5.74, 6) is -0.733. The molecule has 1 aliphatic carbocycles. The molecule has 132 valence electrons. The van der Waals surface area contributed by atoms with E-state index in [9.17, 15) is 14.7 Å². The van der Waals surface area contributed by atoms with E-state index < -0.39 is 11.5 Å². The van der Waals surface area contributed by atoms with Gasteiger partial charge < -0.3 is 10.4 Å². The highest BCUT2D eigenvalue weighted by Gasteiger charge is 2.34. The Bertz CT molecular complexity index is 827. The number of carboxylic acid groups (broad SMARTS) is 1. The Morgan fingerprint density at radius 3 is 2.60 bits per heavy atom. The van der Waals surface area contributed by atoms with Gasteiger partial charge >= 0.3 is 5.97 Å². The third-order valence-electron chi connectivity index (χ3n) is 5.17. The molecule has 0 spiro atoms. The molecule has 1 saturated carbocycles. The van der Waals surface area contributed by atoms with Crippen molar-refractivity contribution < 1.29 is 14.7 Å². The van der Waals surface area contributed by atoms with E-state index in [2.05, 4.69) is 10.3 Å². The molecule has 1 aromatic heterocycles. The zero-order valence-corrected chi connectivity index (χ0v) is 14.9. The summed E-state index contributed by atoms with van der Waals surface area (Å²) in [5.41, 5.74) is 1.52. The number of nitrogens with zero attached hydrogens (tertiary/aromatic N) is 1. The molecule has 25 heavy (non-hydrogen) atoms. The summed E-state index contributed by atoms with van der Waals surface area (Å²) in [4.78, 5) is 28.9. The van der Waals surface area contributed by atoms with Gasteiger partial charge in [-0.3, -0.25) is 14.6 Å². The number of carbonyl (C=O) groups excluding carboxylic acids is 1. The standard InChI is InChI=1S/C20H24N2O3/c1-12(2)20(3,11-18(23)24)22-19(25)15-10-17(13-8-9-13)21-16-7-5-4-6-14(15)16/h4-7,10,12-13H,8-9,11H2,1-3H3,(H,22,25)(H,23,24).